The molecule has 0 saturated heterocycles. The molecule has 0 bridgehead atoms. The number of aryl methyl sites for hydroxylation is 2. The molecule has 5 heteroatoms. The number of nitrogens with two attached hydrogens (primary N) is 1. The summed E-state index contributed by atoms with van der Waals surface area (Å²) in [5.41, 5.74) is 5.94. The van der Waals surface area contributed by atoms with Gasteiger partial charge in [-0.25, -0.2) is 0 Å². The maximum Gasteiger partial charge on any atom is 0.237 e. The van der Waals surface area contributed by atoms with Gasteiger partial charge in [0.1, 0.15) is 0 Å². The number of rotatable bonds is 7. The minimum absolute atomic E-state index is 0.258. The molecule has 1 amide bonds. The van der Waals surface area contributed by atoms with Crippen molar-refractivity contribution in [3.05, 3.63) is 18.0 Å². The van der Waals surface area contributed by atoms with Crippen LogP contribution in [0.2, 0.25) is 0 Å². The predicted octanol–water partition coefficient (Wildman–Crippen LogP) is 0.968. The smallest absolute Gasteiger partial charge is 0.237 e. The van der Waals surface area contributed by atoms with E-state index in [1.807, 2.05) is 30.8 Å². The summed E-state index contributed by atoms with van der Waals surface area (Å²) in [6.07, 6.45) is 5.91. The molecule has 1 aromatic rings. The fraction of sp³-hybridized carbons (Fsp3) is 0.692. The van der Waals surface area contributed by atoms with Gasteiger partial charge < -0.3 is 11.1 Å². The number of nitrogens with one attached hydrogen (secondary N) is 1. The molecule has 100 valence electrons. The lowest BCUT2D eigenvalue weighted by Crippen LogP contribution is -2.54. The van der Waals surface area contributed by atoms with Crippen LogP contribution in [0.15, 0.2) is 12.3 Å². The molecule has 0 aliphatic heterocycles. The fourth-order valence-corrected chi connectivity index (χ4v) is 2.13. The number of carbonyl (C=O) groups is 1. The van der Waals surface area contributed by atoms with Crippen molar-refractivity contribution in [3.63, 3.8) is 0 Å². The fourth-order valence-electron chi connectivity index (χ4n) is 2.13. The second kappa shape index (κ2) is 5.10. The number of primary amides is 1. The Morgan fingerprint density at radius 2 is 2.39 bits per heavy atom. The van der Waals surface area contributed by atoms with E-state index in [0.29, 0.717) is 6.04 Å². The summed E-state index contributed by atoms with van der Waals surface area (Å²) in [5, 5.41) is 7.68. The molecule has 2 rings (SSSR count). The third-order valence-corrected chi connectivity index (χ3v) is 3.48. The molecule has 1 saturated carbocycles. The van der Waals surface area contributed by atoms with Gasteiger partial charge >= 0.3 is 0 Å². The lowest BCUT2D eigenvalue weighted by Gasteiger charge is -2.27. The highest BCUT2D eigenvalue weighted by Gasteiger charge is 2.36. The summed E-state index contributed by atoms with van der Waals surface area (Å²) in [5.74, 6) is -0.258. The van der Waals surface area contributed by atoms with Gasteiger partial charge in [-0.2, -0.15) is 5.10 Å². The first-order valence-corrected chi connectivity index (χ1v) is 6.57. The van der Waals surface area contributed by atoms with Crippen molar-refractivity contribution >= 4 is 5.91 Å². The lowest BCUT2D eigenvalue weighted by atomic mass is 9.94. The monoisotopic (exact) mass is 250 g/mol. The Balaban J connectivity index is 1.83. The first kappa shape index (κ1) is 13.1. The van der Waals surface area contributed by atoms with Crippen LogP contribution in [0.1, 0.15) is 38.3 Å². The summed E-state index contributed by atoms with van der Waals surface area (Å²) in [7, 11) is 0. The van der Waals surface area contributed by atoms with Crippen molar-refractivity contribution in [2.24, 2.45) is 5.73 Å². The molecule has 1 aliphatic carbocycles. The molecule has 1 heterocycles. The Kier molecular flexibility index (Phi) is 3.71. The molecular weight excluding hydrogens is 228 g/mol. The van der Waals surface area contributed by atoms with E-state index in [1.165, 1.54) is 0 Å². The van der Waals surface area contributed by atoms with Gasteiger partial charge in [-0.3, -0.25) is 9.48 Å². The number of hydrogen-bond acceptors (Lipinski definition) is 3. The van der Waals surface area contributed by atoms with Gasteiger partial charge in [-0.1, -0.05) is 0 Å². The summed E-state index contributed by atoms with van der Waals surface area (Å²) < 4.78 is 1.91. The molecule has 18 heavy (non-hydrogen) atoms. The predicted molar refractivity (Wildman–Crippen MR) is 70.0 cm³/mol. The van der Waals surface area contributed by atoms with Crippen LogP contribution < -0.4 is 11.1 Å². The third-order valence-electron chi connectivity index (χ3n) is 3.48. The van der Waals surface area contributed by atoms with Gasteiger partial charge in [0, 0.05) is 18.8 Å². The molecule has 1 fully saturated rings. The van der Waals surface area contributed by atoms with E-state index in [2.05, 4.69) is 10.4 Å². The van der Waals surface area contributed by atoms with Crippen LogP contribution in [0.3, 0.4) is 0 Å². The average Bonchev–Trinajstić information content (AvgIpc) is 3.00. The lowest BCUT2D eigenvalue weighted by molar-refractivity contribution is -0.124. The maximum atomic E-state index is 11.6. The summed E-state index contributed by atoms with van der Waals surface area (Å²) in [6, 6.07) is 2.46. The molecule has 3 N–H and O–H groups in total. The number of hydrogen-bond donors (Lipinski definition) is 2. The van der Waals surface area contributed by atoms with Crippen LogP contribution >= 0.6 is 0 Å². The minimum atomic E-state index is -0.580. The van der Waals surface area contributed by atoms with Gasteiger partial charge in [0.25, 0.3) is 0 Å². The molecule has 0 radical (unpaired) electrons. The standard InChI is InChI=1S/C13H22N4O/c1-10-6-9-17(16-10)8-3-7-13(2,12(14)18)15-11-4-5-11/h6,9,11,15H,3-5,7-8H2,1-2H3,(H2,14,18). The zero-order valence-corrected chi connectivity index (χ0v) is 11.1. The van der Waals surface area contributed by atoms with Crippen molar-refractivity contribution in [1.82, 2.24) is 15.1 Å². The van der Waals surface area contributed by atoms with Crippen LogP contribution in [0.4, 0.5) is 0 Å². The molecule has 0 spiro atoms. The molecule has 1 atom stereocenters. The highest BCUT2D eigenvalue weighted by molar-refractivity contribution is 5.84. The zero-order chi connectivity index (χ0) is 13.2. The van der Waals surface area contributed by atoms with E-state index in [0.717, 1.165) is 37.9 Å². The number of aromatic nitrogens is 2. The van der Waals surface area contributed by atoms with E-state index in [1.54, 1.807) is 0 Å². The number of nitrogens with zero attached hydrogens (tertiary/aromatic N) is 2. The minimum Gasteiger partial charge on any atom is -0.368 e. The van der Waals surface area contributed by atoms with Crippen molar-refractivity contribution < 1.29 is 4.79 Å². The van der Waals surface area contributed by atoms with E-state index >= 15 is 0 Å². The molecule has 1 unspecified atom stereocenters. The SMILES string of the molecule is Cc1ccn(CCCC(C)(NC2CC2)C(N)=O)n1. The quantitative estimate of drug-likeness (QED) is 0.757. The highest BCUT2D eigenvalue weighted by atomic mass is 16.1. The Hall–Kier alpha value is -1.36. The van der Waals surface area contributed by atoms with Crippen LogP contribution in [-0.2, 0) is 11.3 Å². The Morgan fingerprint density at radius 3 is 2.89 bits per heavy atom. The van der Waals surface area contributed by atoms with Gasteiger partial charge in [0.2, 0.25) is 5.91 Å². The second-order valence-corrected chi connectivity index (χ2v) is 5.44. The van der Waals surface area contributed by atoms with Crippen molar-refractivity contribution in [2.75, 3.05) is 0 Å². The topological polar surface area (TPSA) is 72.9 Å². The van der Waals surface area contributed by atoms with E-state index < -0.39 is 5.54 Å². The summed E-state index contributed by atoms with van der Waals surface area (Å²) in [4.78, 5) is 11.6. The van der Waals surface area contributed by atoms with Crippen LogP contribution in [0.5, 0.6) is 0 Å². The molecular formula is C13H22N4O. The van der Waals surface area contributed by atoms with E-state index in [9.17, 15) is 4.79 Å². The normalized spacial score (nSPS) is 18.6. The highest BCUT2D eigenvalue weighted by Crippen LogP contribution is 2.24. The largest absolute Gasteiger partial charge is 0.368 e. The average molecular weight is 250 g/mol. The number of carbonyl (C=O) groups excluding carboxylic acids is 1. The maximum absolute atomic E-state index is 11.6. The molecule has 1 aromatic heterocycles. The van der Waals surface area contributed by atoms with Crippen LogP contribution in [0.25, 0.3) is 0 Å². The van der Waals surface area contributed by atoms with E-state index in [4.69, 9.17) is 5.73 Å². The Labute approximate surface area is 108 Å². The zero-order valence-electron chi connectivity index (χ0n) is 11.1. The van der Waals surface area contributed by atoms with Gasteiger partial charge in [-0.05, 0) is 45.6 Å². The van der Waals surface area contributed by atoms with Gasteiger partial charge in [0.05, 0.1) is 11.2 Å². The summed E-state index contributed by atoms with van der Waals surface area (Å²) >= 11 is 0. The summed E-state index contributed by atoms with van der Waals surface area (Å²) in [6.45, 7) is 4.70. The van der Waals surface area contributed by atoms with Crippen molar-refractivity contribution in [1.29, 1.82) is 0 Å². The first-order valence-electron chi connectivity index (χ1n) is 6.57. The molecule has 0 aromatic carbocycles. The first-order chi connectivity index (χ1) is 8.49. The van der Waals surface area contributed by atoms with E-state index in [-0.39, 0.29) is 5.91 Å². The van der Waals surface area contributed by atoms with Crippen molar-refractivity contribution in [2.45, 2.75) is 57.7 Å². The van der Waals surface area contributed by atoms with Crippen molar-refractivity contribution in [3.8, 4) is 0 Å². The van der Waals surface area contributed by atoms with Crippen LogP contribution in [-0.4, -0.2) is 27.3 Å². The number of amides is 1. The second-order valence-electron chi connectivity index (χ2n) is 5.44. The Morgan fingerprint density at radius 1 is 1.67 bits per heavy atom. The van der Waals surface area contributed by atoms with Crippen LogP contribution in [0, 0.1) is 6.92 Å². The third kappa shape index (κ3) is 3.32. The molecule has 5 nitrogen and oxygen atoms in total. The Bertz CT molecular complexity index is 424. The van der Waals surface area contributed by atoms with Gasteiger partial charge in [-0.15, -0.1) is 0 Å². The molecule has 1 aliphatic rings. The van der Waals surface area contributed by atoms with Gasteiger partial charge in [0.15, 0.2) is 0 Å².